The first-order valence-corrected chi connectivity index (χ1v) is 11.1. The second-order valence-corrected chi connectivity index (χ2v) is 9.06. The first kappa shape index (κ1) is 20.0. The molecule has 3 aliphatic rings. The highest BCUT2D eigenvalue weighted by atomic mass is 16.2. The van der Waals surface area contributed by atoms with E-state index in [0.717, 1.165) is 30.8 Å². The highest BCUT2D eigenvalue weighted by molar-refractivity contribution is 5.99. The number of carbonyl (C=O) groups excluding carboxylic acids is 2. The molecule has 1 aromatic rings. The van der Waals surface area contributed by atoms with E-state index in [-0.39, 0.29) is 18.0 Å². The molecule has 2 heterocycles. The maximum Gasteiger partial charge on any atom is 0.317 e. The van der Waals surface area contributed by atoms with Gasteiger partial charge in [0.15, 0.2) is 0 Å². The molecule has 1 aromatic heterocycles. The van der Waals surface area contributed by atoms with Crippen LogP contribution in [0.3, 0.4) is 0 Å². The quantitative estimate of drug-likeness (QED) is 0.658. The van der Waals surface area contributed by atoms with Crippen molar-refractivity contribution in [2.75, 3.05) is 31.5 Å². The molecule has 0 radical (unpaired) electrons. The fourth-order valence-corrected chi connectivity index (χ4v) is 3.70. The summed E-state index contributed by atoms with van der Waals surface area (Å²) in [7, 11) is 0. The number of hydrogen-bond donors (Lipinski definition) is 3. The number of pyridine rings is 1. The maximum atomic E-state index is 12.9. The van der Waals surface area contributed by atoms with Gasteiger partial charge in [-0.15, -0.1) is 0 Å². The van der Waals surface area contributed by atoms with Crippen LogP contribution >= 0.6 is 0 Å². The van der Waals surface area contributed by atoms with E-state index in [2.05, 4.69) is 16.0 Å². The minimum atomic E-state index is -0.0378. The molecular weight excluding hydrogens is 366 g/mol. The Morgan fingerprint density at radius 3 is 2.48 bits per heavy atom. The molecule has 7 heteroatoms. The number of fused-ring (bicyclic) bond motifs is 1. The van der Waals surface area contributed by atoms with Gasteiger partial charge in [0, 0.05) is 44.3 Å². The van der Waals surface area contributed by atoms with E-state index in [0.29, 0.717) is 42.7 Å². The fourth-order valence-electron chi connectivity index (χ4n) is 3.70. The van der Waals surface area contributed by atoms with Gasteiger partial charge < -0.3 is 20.9 Å². The van der Waals surface area contributed by atoms with Crippen molar-refractivity contribution >= 4 is 17.8 Å². The summed E-state index contributed by atoms with van der Waals surface area (Å²) >= 11 is 0. The maximum absolute atomic E-state index is 12.9. The lowest BCUT2D eigenvalue weighted by Crippen LogP contribution is -2.44. The van der Waals surface area contributed by atoms with Gasteiger partial charge in [0.05, 0.1) is 5.56 Å². The van der Waals surface area contributed by atoms with Gasteiger partial charge in [0.1, 0.15) is 5.82 Å². The molecule has 0 spiro atoms. The highest BCUT2D eigenvalue weighted by Crippen LogP contribution is 2.30. The molecule has 2 fully saturated rings. The minimum Gasteiger partial charge on any atom is -0.369 e. The lowest BCUT2D eigenvalue weighted by atomic mass is 10.0. The Balaban J connectivity index is 1.50. The Hall–Kier alpha value is -2.31. The minimum absolute atomic E-state index is 0.0257. The predicted molar refractivity (Wildman–Crippen MR) is 113 cm³/mol. The normalized spacial score (nSPS) is 18.8. The summed E-state index contributed by atoms with van der Waals surface area (Å²) in [6, 6.07) is 2.09. The van der Waals surface area contributed by atoms with E-state index >= 15 is 0 Å². The van der Waals surface area contributed by atoms with Crippen molar-refractivity contribution in [3.63, 3.8) is 0 Å². The molecule has 2 saturated carbocycles. The zero-order chi connectivity index (χ0) is 20.4. The van der Waals surface area contributed by atoms with Gasteiger partial charge in [0.2, 0.25) is 0 Å². The van der Waals surface area contributed by atoms with Crippen LogP contribution in [0.4, 0.5) is 10.6 Å². The molecule has 29 heavy (non-hydrogen) atoms. The zero-order valence-electron chi connectivity index (χ0n) is 17.6. The molecule has 7 nitrogen and oxygen atoms in total. The average Bonchev–Trinajstić information content (AvgIpc) is 3.56. The first-order chi connectivity index (χ1) is 14.0. The van der Waals surface area contributed by atoms with Crippen LogP contribution in [0.2, 0.25) is 0 Å². The molecular formula is C22H33N5O2. The van der Waals surface area contributed by atoms with Crippen molar-refractivity contribution in [1.29, 1.82) is 0 Å². The van der Waals surface area contributed by atoms with E-state index in [1.165, 1.54) is 25.7 Å². The van der Waals surface area contributed by atoms with Crippen LogP contribution in [0.25, 0.3) is 0 Å². The van der Waals surface area contributed by atoms with E-state index in [1.807, 2.05) is 24.8 Å². The molecule has 3 amide bonds. The van der Waals surface area contributed by atoms with Crippen LogP contribution < -0.4 is 16.0 Å². The van der Waals surface area contributed by atoms with Crippen molar-refractivity contribution in [3.05, 3.63) is 22.9 Å². The van der Waals surface area contributed by atoms with Crippen LogP contribution in [0.5, 0.6) is 0 Å². The van der Waals surface area contributed by atoms with Crippen molar-refractivity contribution < 1.29 is 9.59 Å². The molecule has 1 aliphatic heterocycles. The summed E-state index contributed by atoms with van der Waals surface area (Å²) in [6.45, 7) is 6.85. The number of urea groups is 1. The number of rotatable bonds is 7. The molecule has 0 atom stereocenters. The highest BCUT2D eigenvalue weighted by Gasteiger charge is 2.27. The molecule has 0 unspecified atom stereocenters. The Bertz CT molecular complexity index is 771. The van der Waals surface area contributed by atoms with Crippen molar-refractivity contribution in [2.45, 2.75) is 58.4 Å². The third-order valence-electron chi connectivity index (χ3n) is 5.91. The average molecular weight is 400 g/mol. The van der Waals surface area contributed by atoms with Crippen molar-refractivity contribution in [3.8, 4) is 0 Å². The number of hydrogen-bond acceptors (Lipinski definition) is 4. The third-order valence-corrected chi connectivity index (χ3v) is 5.91. The molecule has 0 aromatic carbocycles. The van der Waals surface area contributed by atoms with Crippen LogP contribution in [0, 0.1) is 11.8 Å². The van der Waals surface area contributed by atoms with Crippen molar-refractivity contribution in [2.24, 2.45) is 11.8 Å². The van der Waals surface area contributed by atoms with E-state index < -0.39 is 0 Å². The van der Waals surface area contributed by atoms with Gasteiger partial charge >= 0.3 is 6.03 Å². The van der Waals surface area contributed by atoms with Gasteiger partial charge in [-0.05, 0) is 69.4 Å². The Morgan fingerprint density at radius 1 is 1.10 bits per heavy atom. The number of aromatic nitrogens is 1. The predicted octanol–water partition coefficient (Wildman–Crippen LogP) is 2.56. The topological polar surface area (TPSA) is 86.4 Å². The summed E-state index contributed by atoms with van der Waals surface area (Å²) < 4.78 is 0. The molecule has 0 saturated heterocycles. The lowest BCUT2D eigenvalue weighted by molar-refractivity contribution is 0.0952. The summed E-state index contributed by atoms with van der Waals surface area (Å²) in [5.74, 6) is 2.00. The van der Waals surface area contributed by atoms with Crippen molar-refractivity contribution in [1.82, 2.24) is 20.5 Å². The summed E-state index contributed by atoms with van der Waals surface area (Å²) in [5.41, 5.74) is 2.73. The van der Waals surface area contributed by atoms with Gasteiger partial charge in [0.25, 0.3) is 5.91 Å². The Labute approximate surface area is 173 Å². The summed E-state index contributed by atoms with van der Waals surface area (Å²) in [6.07, 6.45) is 6.36. The largest absolute Gasteiger partial charge is 0.369 e. The van der Waals surface area contributed by atoms with Crippen LogP contribution in [-0.4, -0.2) is 54.0 Å². The fraction of sp³-hybridized carbons (Fsp3) is 0.682. The first-order valence-electron chi connectivity index (χ1n) is 11.1. The smallest absolute Gasteiger partial charge is 0.317 e. The summed E-state index contributed by atoms with van der Waals surface area (Å²) in [4.78, 5) is 32.0. The number of carbonyl (C=O) groups is 2. The lowest BCUT2D eigenvalue weighted by Gasteiger charge is -2.22. The van der Waals surface area contributed by atoms with Crippen LogP contribution in [-0.2, 0) is 12.8 Å². The molecule has 2 aliphatic carbocycles. The van der Waals surface area contributed by atoms with Gasteiger partial charge in [-0.1, -0.05) is 0 Å². The molecule has 4 rings (SSSR count). The Kier molecular flexibility index (Phi) is 5.92. The van der Waals surface area contributed by atoms with Crippen LogP contribution in [0.1, 0.15) is 61.1 Å². The number of nitrogens with zero attached hydrogens (tertiary/aromatic N) is 2. The zero-order valence-corrected chi connectivity index (χ0v) is 17.6. The van der Waals surface area contributed by atoms with Gasteiger partial charge in [-0.25, -0.2) is 9.78 Å². The number of anilines is 1. The van der Waals surface area contributed by atoms with Gasteiger partial charge in [-0.3, -0.25) is 4.79 Å². The second kappa shape index (κ2) is 8.59. The third kappa shape index (κ3) is 5.40. The monoisotopic (exact) mass is 399 g/mol. The van der Waals surface area contributed by atoms with Crippen LogP contribution in [0.15, 0.2) is 6.07 Å². The standard InChI is InChI=1S/C22H33N5O2/c1-14(2)25-22(29)27-9-7-17-11-18(21(28)24-13-16-5-6-16)20(23-12-15-3-4-15)26-19(17)8-10-27/h11,14-16H,3-10,12-13H2,1-2H3,(H,23,26)(H,24,28)(H,25,29). The molecule has 3 N–H and O–H groups in total. The van der Waals surface area contributed by atoms with E-state index in [9.17, 15) is 9.59 Å². The molecule has 0 bridgehead atoms. The summed E-state index contributed by atoms with van der Waals surface area (Å²) in [5, 5.41) is 9.48. The van der Waals surface area contributed by atoms with E-state index in [4.69, 9.17) is 4.98 Å². The number of amides is 3. The van der Waals surface area contributed by atoms with E-state index in [1.54, 1.807) is 0 Å². The second-order valence-electron chi connectivity index (χ2n) is 9.06. The molecule has 158 valence electrons. The van der Waals surface area contributed by atoms with Gasteiger partial charge in [-0.2, -0.15) is 0 Å². The number of nitrogens with one attached hydrogen (secondary N) is 3. The SMILES string of the molecule is CC(C)NC(=O)N1CCc2cc(C(=O)NCC3CC3)c(NCC3CC3)nc2CC1. The Morgan fingerprint density at radius 2 is 1.79 bits per heavy atom.